The van der Waals surface area contributed by atoms with Gasteiger partial charge in [0.05, 0.1) is 5.56 Å². The second-order valence-corrected chi connectivity index (χ2v) is 4.74. The predicted octanol–water partition coefficient (Wildman–Crippen LogP) is 1.95. The molecule has 0 aliphatic rings. The summed E-state index contributed by atoms with van der Waals surface area (Å²) in [6.07, 6.45) is -10.7. The topological polar surface area (TPSA) is 69.0 Å². The quantitative estimate of drug-likeness (QED) is 0.851. The van der Waals surface area contributed by atoms with Gasteiger partial charge in [-0.3, -0.25) is 4.79 Å². The number of alkyl halides is 6. The Balaban J connectivity index is 2.16. The predicted molar refractivity (Wildman–Crippen MR) is 67.6 cm³/mol. The number of nitrogens with one attached hydrogen (secondary N) is 1. The van der Waals surface area contributed by atoms with E-state index in [1.165, 1.54) is 0 Å². The van der Waals surface area contributed by atoms with Gasteiger partial charge in [0.2, 0.25) is 6.10 Å². The summed E-state index contributed by atoms with van der Waals surface area (Å²) < 4.78 is 74.2. The molecule has 2 rings (SSSR count). The van der Waals surface area contributed by atoms with Crippen molar-refractivity contribution >= 4 is 16.9 Å². The number of rotatable bonds is 4. The Bertz CT molecular complexity index is 739. The first-order chi connectivity index (χ1) is 11.0. The molecule has 24 heavy (non-hydrogen) atoms. The lowest BCUT2D eigenvalue weighted by molar-refractivity contribution is -0.145. The average Bonchev–Trinajstić information content (AvgIpc) is 2.85. The Morgan fingerprint density at radius 3 is 2.54 bits per heavy atom. The molecule has 2 aromatic rings. The first-order valence-electron chi connectivity index (χ1n) is 6.41. The van der Waals surface area contributed by atoms with Crippen molar-refractivity contribution in [1.29, 1.82) is 0 Å². The van der Waals surface area contributed by atoms with Crippen molar-refractivity contribution in [3.05, 3.63) is 23.8 Å². The number of amides is 1. The molecule has 0 radical (unpaired) electrons. The van der Waals surface area contributed by atoms with E-state index in [9.17, 15) is 31.1 Å². The van der Waals surface area contributed by atoms with Gasteiger partial charge in [0.25, 0.3) is 5.91 Å². The maximum absolute atomic E-state index is 12.7. The van der Waals surface area contributed by atoms with E-state index in [4.69, 9.17) is 4.84 Å². The number of carbonyl (C=O) groups excluding carboxylic acids is 1. The number of halogens is 6. The normalized spacial score (nSPS) is 13.8. The van der Waals surface area contributed by atoms with Crippen LogP contribution >= 0.6 is 0 Å². The highest BCUT2D eigenvalue weighted by atomic mass is 19.4. The highest BCUT2D eigenvalue weighted by molar-refractivity contribution is 5.80. The van der Waals surface area contributed by atoms with Gasteiger partial charge in [-0.1, -0.05) is 4.85 Å². The fourth-order valence-corrected chi connectivity index (χ4v) is 1.68. The van der Waals surface area contributed by atoms with Crippen molar-refractivity contribution in [2.24, 2.45) is 0 Å². The standard InChI is InChI=1S/C12H10F6N4O2/c1-6(10(23)19-5-11(13,14)15)24-22-9-4-7(12(16,17)18)2-3-8(9)20-21-22/h2-4,6H,5H2,1H3,(H,19,23)/t6-/m0/s1. The van der Waals surface area contributed by atoms with Crippen LogP contribution in [0.1, 0.15) is 12.5 Å². The van der Waals surface area contributed by atoms with Crippen molar-refractivity contribution in [3.8, 4) is 0 Å². The number of benzene rings is 1. The van der Waals surface area contributed by atoms with Crippen LogP contribution in [-0.2, 0) is 11.0 Å². The lowest BCUT2D eigenvalue weighted by Gasteiger charge is -2.15. The lowest BCUT2D eigenvalue weighted by Crippen LogP contribution is -2.43. The van der Waals surface area contributed by atoms with E-state index in [-0.39, 0.29) is 11.0 Å². The van der Waals surface area contributed by atoms with Gasteiger partial charge >= 0.3 is 12.4 Å². The van der Waals surface area contributed by atoms with Gasteiger partial charge in [-0.15, -0.1) is 5.10 Å². The molecule has 0 saturated carbocycles. The second kappa shape index (κ2) is 6.17. The van der Waals surface area contributed by atoms with Crippen molar-refractivity contribution < 1.29 is 36.0 Å². The van der Waals surface area contributed by atoms with Gasteiger partial charge in [-0.05, 0) is 30.3 Å². The summed E-state index contributed by atoms with van der Waals surface area (Å²) in [5, 5.41) is 8.56. The molecule has 1 aromatic carbocycles. The molecule has 0 unspecified atom stereocenters. The van der Waals surface area contributed by atoms with Crippen molar-refractivity contribution in [2.75, 3.05) is 6.54 Å². The molecule has 0 fully saturated rings. The summed E-state index contributed by atoms with van der Waals surface area (Å²) in [6, 6.07) is 2.55. The molecular weight excluding hydrogens is 346 g/mol. The van der Waals surface area contributed by atoms with Crippen LogP contribution in [0.5, 0.6) is 0 Å². The molecule has 0 aliphatic heterocycles. The monoisotopic (exact) mass is 356 g/mol. The highest BCUT2D eigenvalue weighted by Crippen LogP contribution is 2.30. The van der Waals surface area contributed by atoms with Crippen LogP contribution in [0, 0.1) is 0 Å². The fraction of sp³-hybridized carbons (Fsp3) is 0.417. The zero-order valence-electron chi connectivity index (χ0n) is 11.9. The first kappa shape index (κ1) is 17.8. The Morgan fingerprint density at radius 2 is 1.96 bits per heavy atom. The molecule has 0 saturated heterocycles. The highest BCUT2D eigenvalue weighted by Gasteiger charge is 2.32. The third-order valence-electron chi connectivity index (χ3n) is 2.83. The number of hydrogen-bond acceptors (Lipinski definition) is 4. The third kappa shape index (κ3) is 4.26. The van der Waals surface area contributed by atoms with Gasteiger partial charge < -0.3 is 10.2 Å². The molecular formula is C12H10F6N4O2. The van der Waals surface area contributed by atoms with E-state index < -0.39 is 36.5 Å². The van der Waals surface area contributed by atoms with E-state index in [0.29, 0.717) is 10.9 Å². The minimum atomic E-state index is -4.61. The third-order valence-corrected chi connectivity index (χ3v) is 2.83. The van der Waals surface area contributed by atoms with Crippen molar-refractivity contribution in [1.82, 2.24) is 20.5 Å². The molecule has 1 heterocycles. The number of carbonyl (C=O) groups is 1. The van der Waals surface area contributed by atoms with Crippen LogP contribution in [0.3, 0.4) is 0 Å². The Morgan fingerprint density at radius 1 is 1.29 bits per heavy atom. The van der Waals surface area contributed by atoms with Crippen molar-refractivity contribution in [3.63, 3.8) is 0 Å². The summed E-state index contributed by atoms with van der Waals surface area (Å²) in [5.74, 6) is -1.11. The number of nitrogens with zero attached hydrogens (tertiary/aromatic N) is 3. The Kier molecular flexibility index (Phi) is 4.58. The Labute approximate surface area is 130 Å². The van der Waals surface area contributed by atoms with Gasteiger partial charge in [-0.2, -0.15) is 26.3 Å². The molecule has 132 valence electrons. The average molecular weight is 356 g/mol. The summed E-state index contributed by atoms with van der Waals surface area (Å²) in [7, 11) is 0. The zero-order valence-corrected chi connectivity index (χ0v) is 11.9. The van der Waals surface area contributed by atoms with Crippen LogP contribution in [0.2, 0.25) is 0 Å². The van der Waals surface area contributed by atoms with Crippen LogP contribution in [0.4, 0.5) is 26.3 Å². The summed E-state index contributed by atoms with van der Waals surface area (Å²) in [6.45, 7) is -0.442. The van der Waals surface area contributed by atoms with Crippen LogP contribution < -0.4 is 10.2 Å². The molecule has 1 amide bonds. The van der Waals surface area contributed by atoms with Gasteiger partial charge in [-0.25, -0.2) is 0 Å². The van der Waals surface area contributed by atoms with Gasteiger partial charge in [0.1, 0.15) is 17.6 Å². The number of fused-ring (bicyclic) bond motifs is 1. The van der Waals surface area contributed by atoms with Gasteiger partial charge in [0, 0.05) is 0 Å². The first-order valence-corrected chi connectivity index (χ1v) is 6.41. The number of aromatic nitrogens is 3. The van der Waals surface area contributed by atoms with E-state index >= 15 is 0 Å². The van der Waals surface area contributed by atoms with Crippen LogP contribution in [0.15, 0.2) is 18.2 Å². The fourth-order valence-electron chi connectivity index (χ4n) is 1.68. The van der Waals surface area contributed by atoms with Crippen LogP contribution in [-0.4, -0.2) is 39.9 Å². The van der Waals surface area contributed by atoms with E-state index in [1.54, 1.807) is 5.32 Å². The summed E-state index contributed by atoms with van der Waals surface area (Å²) in [4.78, 5) is 17.0. The largest absolute Gasteiger partial charge is 0.416 e. The van der Waals surface area contributed by atoms with E-state index in [1.807, 2.05) is 0 Å². The molecule has 1 atom stereocenters. The maximum Gasteiger partial charge on any atom is 0.416 e. The minimum absolute atomic E-state index is 0.0610. The van der Waals surface area contributed by atoms with E-state index in [0.717, 1.165) is 19.1 Å². The Hall–Kier alpha value is -2.53. The summed E-state index contributed by atoms with van der Waals surface area (Å²) >= 11 is 0. The SMILES string of the molecule is C[C@H](On1nnc2ccc(C(F)(F)F)cc21)C(=O)NCC(F)(F)F. The molecule has 12 heteroatoms. The lowest BCUT2D eigenvalue weighted by atomic mass is 10.2. The molecule has 0 aliphatic carbocycles. The summed E-state index contributed by atoms with van der Waals surface area (Å²) in [5.41, 5.74) is -1.11. The van der Waals surface area contributed by atoms with E-state index in [2.05, 4.69) is 10.3 Å². The smallest absolute Gasteiger partial charge is 0.382 e. The molecule has 0 bridgehead atoms. The molecule has 1 aromatic heterocycles. The molecule has 1 N–H and O–H groups in total. The van der Waals surface area contributed by atoms with Crippen LogP contribution in [0.25, 0.3) is 11.0 Å². The maximum atomic E-state index is 12.7. The minimum Gasteiger partial charge on any atom is -0.382 e. The van der Waals surface area contributed by atoms with Gasteiger partial charge in [0.15, 0.2) is 0 Å². The number of hydrogen-bond donors (Lipinski definition) is 1. The zero-order chi connectivity index (χ0) is 18.1. The molecule has 6 nitrogen and oxygen atoms in total. The molecule has 0 spiro atoms. The van der Waals surface area contributed by atoms with Crippen molar-refractivity contribution in [2.45, 2.75) is 25.4 Å². The second-order valence-electron chi connectivity index (χ2n) is 4.74.